The first-order valence-electron chi connectivity index (χ1n) is 9.13. The van der Waals surface area contributed by atoms with Crippen molar-refractivity contribution >= 4 is 5.91 Å². The standard InChI is InChI=1S/C20H21N5O3/c1-12-19(13(2)28-24-12)16-6-4-5-15(23-16)18-11-25(9-10-27-18)20(26)17-7-8-21-14(3)22-17/h4-8,18H,9-11H2,1-3H3/t18-/m1/s1. The van der Waals surface area contributed by atoms with E-state index in [4.69, 9.17) is 14.2 Å². The van der Waals surface area contributed by atoms with Gasteiger partial charge in [0.2, 0.25) is 0 Å². The molecule has 1 aliphatic rings. The molecule has 0 spiro atoms. The number of nitrogens with zero attached hydrogens (tertiary/aromatic N) is 5. The molecule has 1 aliphatic heterocycles. The van der Waals surface area contributed by atoms with Crippen molar-refractivity contribution in [2.75, 3.05) is 19.7 Å². The molecule has 1 amide bonds. The van der Waals surface area contributed by atoms with Crippen LogP contribution in [0, 0.1) is 20.8 Å². The summed E-state index contributed by atoms with van der Waals surface area (Å²) in [6, 6.07) is 7.40. The van der Waals surface area contributed by atoms with Gasteiger partial charge in [-0.05, 0) is 39.0 Å². The minimum Gasteiger partial charge on any atom is -0.368 e. The summed E-state index contributed by atoms with van der Waals surface area (Å²) in [5.74, 6) is 1.17. The first-order chi connectivity index (χ1) is 13.5. The predicted octanol–water partition coefficient (Wildman–Crippen LogP) is 2.67. The summed E-state index contributed by atoms with van der Waals surface area (Å²) in [6.45, 7) is 6.90. The largest absolute Gasteiger partial charge is 0.368 e. The number of morpholine rings is 1. The molecule has 1 atom stereocenters. The van der Waals surface area contributed by atoms with Crippen LogP contribution in [-0.4, -0.2) is 50.6 Å². The van der Waals surface area contributed by atoms with Crippen LogP contribution in [0.3, 0.4) is 0 Å². The Bertz CT molecular complexity index is 997. The van der Waals surface area contributed by atoms with Crippen molar-refractivity contribution in [2.45, 2.75) is 26.9 Å². The maximum Gasteiger partial charge on any atom is 0.272 e. The lowest BCUT2D eigenvalue weighted by molar-refractivity contribution is -0.0248. The van der Waals surface area contributed by atoms with E-state index in [0.29, 0.717) is 31.2 Å². The molecule has 1 saturated heterocycles. The number of ether oxygens (including phenoxy) is 1. The number of pyridine rings is 1. The fourth-order valence-corrected chi connectivity index (χ4v) is 3.37. The SMILES string of the molecule is Cc1nccc(C(=O)N2CCO[C@@H](c3cccc(-c4c(C)noc4C)n3)C2)n1. The van der Waals surface area contributed by atoms with Crippen molar-refractivity contribution in [3.8, 4) is 11.3 Å². The molecular formula is C20H21N5O3. The lowest BCUT2D eigenvalue weighted by Crippen LogP contribution is -2.42. The van der Waals surface area contributed by atoms with E-state index in [-0.39, 0.29) is 12.0 Å². The van der Waals surface area contributed by atoms with Gasteiger partial charge in [-0.15, -0.1) is 0 Å². The Morgan fingerprint density at radius 2 is 2.04 bits per heavy atom. The molecule has 4 heterocycles. The predicted molar refractivity (Wildman–Crippen MR) is 101 cm³/mol. The van der Waals surface area contributed by atoms with Crippen LogP contribution in [0.4, 0.5) is 0 Å². The highest BCUT2D eigenvalue weighted by atomic mass is 16.5. The zero-order chi connectivity index (χ0) is 19.7. The molecule has 8 heteroatoms. The van der Waals surface area contributed by atoms with E-state index in [1.807, 2.05) is 32.0 Å². The summed E-state index contributed by atoms with van der Waals surface area (Å²) in [7, 11) is 0. The van der Waals surface area contributed by atoms with E-state index in [1.54, 1.807) is 24.1 Å². The van der Waals surface area contributed by atoms with Gasteiger partial charge in [0.15, 0.2) is 0 Å². The molecule has 0 aromatic carbocycles. The molecule has 1 fully saturated rings. The van der Waals surface area contributed by atoms with Crippen molar-refractivity contribution in [2.24, 2.45) is 0 Å². The molecule has 0 bridgehead atoms. The van der Waals surface area contributed by atoms with Gasteiger partial charge in [-0.1, -0.05) is 11.2 Å². The molecule has 0 radical (unpaired) electrons. The maximum absolute atomic E-state index is 12.8. The van der Waals surface area contributed by atoms with Crippen LogP contribution in [0.5, 0.6) is 0 Å². The lowest BCUT2D eigenvalue weighted by atomic mass is 10.1. The van der Waals surface area contributed by atoms with Gasteiger partial charge >= 0.3 is 0 Å². The van der Waals surface area contributed by atoms with Gasteiger partial charge in [-0.25, -0.2) is 15.0 Å². The molecule has 8 nitrogen and oxygen atoms in total. The number of amides is 1. The third kappa shape index (κ3) is 3.50. The van der Waals surface area contributed by atoms with Crippen molar-refractivity contribution < 1.29 is 14.1 Å². The van der Waals surface area contributed by atoms with Crippen LogP contribution < -0.4 is 0 Å². The van der Waals surface area contributed by atoms with Gasteiger partial charge in [0, 0.05) is 12.7 Å². The molecule has 0 saturated carbocycles. The van der Waals surface area contributed by atoms with Gasteiger partial charge in [0.25, 0.3) is 5.91 Å². The van der Waals surface area contributed by atoms with E-state index in [2.05, 4.69) is 15.1 Å². The van der Waals surface area contributed by atoms with Crippen LogP contribution in [0.25, 0.3) is 11.3 Å². The van der Waals surface area contributed by atoms with Crippen LogP contribution >= 0.6 is 0 Å². The molecule has 0 aliphatic carbocycles. The number of aromatic nitrogens is 4. The number of aryl methyl sites for hydroxylation is 3. The number of rotatable bonds is 3. The minimum absolute atomic E-state index is 0.124. The van der Waals surface area contributed by atoms with Crippen molar-refractivity contribution in [1.82, 2.24) is 25.0 Å². The van der Waals surface area contributed by atoms with E-state index < -0.39 is 0 Å². The van der Waals surface area contributed by atoms with Gasteiger partial charge < -0.3 is 14.2 Å². The number of carbonyl (C=O) groups is 1. The van der Waals surface area contributed by atoms with E-state index >= 15 is 0 Å². The average molecular weight is 379 g/mol. The van der Waals surface area contributed by atoms with Gasteiger partial charge in [0.1, 0.15) is 23.4 Å². The van der Waals surface area contributed by atoms with Crippen molar-refractivity contribution in [3.63, 3.8) is 0 Å². The smallest absolute Gasteiger partial charge is 0.272 e. The lowest BCUT2D eigenvalue weighted by Gasteiger charge is -2.32. The third-order valence-corrected chi connectivity index (χ3v) is 4.74. The Morgan fingerprint density at radius 1 is 1.18 bits per heavy atom. The molecule has 28 heavy (non-hydrogen) atoms. The molecule has 3 aromatic heterocycles. The van der Waals surface area contributed by atoms with E-state index in [9.17, 15) is 4.79 Å². The molecule has 0 N–H and O–H groups in total. The van der Waals surface area contributed by atoms with E-state index in [1.165, 1.54) is 0 Å². The molecule has 4 rings (SSSR count). The summed E-state index contributed by atoms with van der Waals surface area (Å²) < 4.78 is 11.2. The monoisotopic (exact) mass is 379 g/mol. The Kier molecular flexibility index (Phi) is 4.87. The Morgan fingerprint density at radius 3 is 2.79 bits per heavy atom. The second kappa shape index (κ2) is 7.47. The second-order valence-electron chi connectivity index (χ2n) is 6.75. The topological polar surface area (TPSA) is 94.2 Å². The molecule has 0 unspecified atom stereocenters. The van der Waals surface area contributed by atoms with Gasteiger partial charge in [0.05, 0.1) is 35.8 Å². The molecule has 3 aromatic rings. The van der Waals surface area contributed by atoms with Gasteiger partial charge in [-0.3, -0.25) is 4.79 Å². The van der Waals surface area contributed by atoms with Crippen LogP contribution in [-0.2, 0) is 4.74 Å². The third-order valence-electron chi connectivity index (χ3n) is 4.74. The van der Waals surface area contributed by atoms with Crippen LogP contribution in [0.1, 0.15) is 39.6 Å². The summed E-state index contributed by atoms with van der Waals surface area (Å²) in [6.07, 6.45) is 1.29. The number of carbonyl (C=O) groups excluding carboxylic acids is 1. The zero-order valence-electron chi connectivity index (χ0n) is 16.0. The van der Waals surface area contributed by atoms with Gasteiger partial charge in [-0.2, -0.15) is 0 Å². The summed E-state index contributed by atoms with van der Waals surface area (Å²) >= 11 is 0. The quantitative estimate of drug-likeness (QED) is 0.690. The van der Waals surface area contributed by atoms with Crippen molar-refractivity contribution in [3.05, 3.63) is 59.1 Å². The fraction of sp³-hybridized carbons (Fsp3) is 0.350. The number of hydrogen-bond acceptors (Lipinski definition) is 7. The van der Waals surface area contributed by atoms with Crippen LogP contribution in [0.15, 0.2) is 35.0 Å². The summed E-state index contributed by atoms with van der Waals surface area (Å²) in [4.78, 5) is 27.6. The average Bonchev–Trinajstić information content (AvgIpc) is 3.06. The Hall–Kier alpha value is -3.13. The highest BCUT2D eigenvalue weighted by Crippen LogP contribution is 2.28. The first-order valence-corrected chi connectivity index (χ1v) is 9.13. The van der Waals surface area contributed by atoms with Crippen LogP contribution in [0.2, 0.25) is 0 Å². The second-order valence-corrected chi connectivity index (χ2v) is 6.75. The maximum atomic E-state index is 12.8. The van der Waals surface area contributed by atoms with Crippen molar-refractivity contribution in [1.29, 1.82) is 0 Å². The number of hydrogen-bond donors (Lipinski definition) is 0. The minimum atomic E-state index is -0.305. The summed E-state index contributed by atoms with van der Waals surface area (Å²) in [5.41, 5.74) is 3.64. The highest BCUT2D eigenvalue weighted by molar-refractivity contribution is 5.92. The fourth-order valence-electron chi connectivity index (χ4n) is 3.37. The normalized spacial score (nSPS) is 17.0. The molecule has 144 valence electrons. The highest BCUT2D eigenvalue weighted by Gasteiger charge is 2.28. The summed E-state index contributed by atoms with van der Waals surface area (Å²) in [5, 5.41) is 4.00. The molecular weight excluding hydrogens is 358 g/mol. The Labute approximate surface area is 162 Å². The first kappa shape index (κ1) is 18.2. The Balaban J connectivity index is 1.57. The zero-order valence-corrected chi connectivity index (χ0v) is 16.0. The van der Waals surface area contributed by atoms with E-state index in [0.717, 1.165) is 28.4 Å².